The van der Waals surface area contributed by atoms with Crippen LogP contribution in [-0.4, -0.2) is 36.4 Å². The van der Waals surface area contributed by atoms with Crippen molar-refractivity contribution in [2.75, 3.05) is 25.2 Å². The smallest absolute Gasteiger partial charge is 0.359 e. The highest BCUT2D eigenvalue weighted by Gasteiger charge is 2.18. The van der Waals surface area contributed by atoms with Crippen molar-refractivity contribution in [3.05, 3.63) is 17.6 Å². The maximum Gasteiger partial charge on any atom is 0.359 e. The summed E-state index contributed by atoms with van der Waals surface area (Å²) in [7, 11) is 1.11. The van der Waals surface area contributed by atoms with E-state index in [-0.39, 0.29) is 23.1 Å². The standard InChI is InChI=1S/C11H13FN2O4S/c1-3-18-8(15)5-19-7-4-6(12)9(11(16)17-2)14-10(7)13/h4H,3,5H2,1-2H3,(H2,13,14). The first kappa shape index (κ1) is 15.2. The van der Waals surface area contributed by atoms with Gasteiger partial charge in [0, 0.05) is 0 Å². The SMILES string of the molecule is CCOC(=O)CSc1cc(F)c(C(=O)OC)nc1N. The van der Waals surface area contributed by atoms with Gasteiger partial charge >= 0.3 is 11.9 Å². The second-order valence-corrected chi connectivity index (χ2v) is 4.30. The molecule has 6 nitrogen and oxygen atoms in total. The predicted molar refractivity (Wildman–Crippen MR) is 67.3 cm³/mol. The fourth-order valence-electron chi connectivity index (χ4n) is 1.18. The third-order valence-electron chi connectivity index (χ3n) is 2.00. The number of nitrogen functional groups attached to an aromatic ring is 1. The Kier molecular flexibility index (Phi) is 5.56. The number of pyridine rings is 1. The zero-order chi connectivity index (χ0) is 14.4. The Morgan fingerprint density at radius 1 is 1.53 bits per heavy atom. The van der Waals surface area contributed by atoms with Crippen LogP contribution in [0.1, 0.15) is 17.4 Å². The van der Waals surface area contributed by atoms with Gasteiger partial charge in [0.25, 0.3) is 0 Å². The summed E-state index contributed by atoms with van der Waals surface area (Å²) < 4.78 is 22.7. The highest BCUT2D eigenvalue weighted by atomic mass is 32.2. The number of hydrogen-bond acceptors (Lipinski definition) is 7. The van der Waals surface area contributed by atoms with E-state index in [2.05, 4.69) is 9.72 Å². The summed E-state index contributed by atoms with van der Waals surface area (Å²) in [6.07, 6.45) is 0. The first-order valence-corrected chi connectivity index (χ1v) is 6.30. The van der Waals surface area contributed by atoms with Gasteiger partial charge in [-0.15, -0.1) is 11.8 Å². The fraction of sp³-hybridized carbons (Fsp3) is 0.364. The summed E-state index contributed by atoms with van der Waals surface area (Å²) in [6.45, 7) is 1.95. The molecular formula is C11H13FN2O4S. The Balaban J connectivity index is 2.84. The normalized spacial score (nSPS) is 10.1. The van der Waals surface area contributed by atoms with Crippen molar-refractivity contribution in [3.63, 3.8) is 0 Å². The molecule has 0 aliphatic heterocycles. The number of thioether (sulfide) groups is 1. The number of nitrogens with two attached hydrogens (primary N) is 1. The van der Waals surface area contributed by atoms with Crippen LogP contribution in [0, 0.1) is 5.82 Å². The summed E-state index contributed by atoms with van der Waals surface area (Å²) in [5, 5.41) is 0. The molecule has 1 heterocycles. The average molecular weight is 288 g/mol. The van der Waals surface area contributed by atoms with Gasteiger partial charge in [-0.1, -0.05) is 0 Å². The molecular weight excluding hydrogens is 275 g/mol. The van der Waals surface area contributed by atoms with E-state index >= 15 is 0 Å². The van der Waals surface area contributed by atoms with Crippen molar-refractivity contribution < 1.29 is 23.5 Å². The number of halogens is 1. The number of esters is 2. The molecule has 8 heteroatoms. The first-order valence-electron chi connectivity index (χ1n) is 5.32. The Morgan fingerprint density at radius 3 is 2.79 bits per heavy atom. The molecule has 0 saturated heterocycles. The van der Waals surface area contributed by atoms with E-state index in [0.29, 0.717) is 0 Å². The van der Waals surface area contributed by atoms with Gasteiger partial charge in [-0.05, 0) is 13.0 Å². The number of nitrogens with zero attached hydrogens (tertiary/aromatic N) is 1. The summed E-state index contributed by atoms with van der Waals surface area (Å²) in [5.74, 6) is -2.27. The van der Waals surface area contributed by atoms with Crippen LogP contribution in [0.15, 0.2) is 11.0 Å². The number of rotatable bonds is 5. The number of aromatic nitrogens is 1. The summed E-state index contributed by atoms with van der Waals surface area (Å²) in [6, 6.07) is 1.04. The molecule has 0 atom stereocenters. The summed E-state index contributed by atoms with van der Waals surface area (Å²) in [4.78, 5) is 26.2. The lowest BCUT2D eigenvalue weighted by atomic mass is 10.3. The molecule has 0 bridgehead atoms. The highest BCUT2D eigenvalue weighted by Crippen LogP contribution is 2.25. The van der Waals surface area contributed by atoms with Gasteiger partial charge in [0.05, 0.1) is 24.4 Å². The van der Waals surface area contributed by atoms with Crippen molar-refractivity contribution in [2.45, 2.75) is 11.8 Å². The zero-order valence-corrected chi connectivity index (χ0v) is 11.3. The molecule has 19 heavy (non-hydrogen) atoms. The van der Waals surface area contributed by atoms with Crippen LogP contribution in [-0.2, 0) is 14.3 Å². The molecule has 0 spiro atoms. The van der Waals surface area contributed by atoms with E-state index in [0.717, 1.165) is 24.9 Å². The van der Waals surface area contributed by atoms with Crippen LogP contribution in [0.4, 0.5) is 10.2 Å². The number of methoxy groups -OCH3 is 1. The second kappa shape index (κ2) is 6.93. The van der Waals surface area contributed by atoms with Gasteiger partial charge in [0.1, 0.15) is 5.82 Å². The quantitative estimate of drug-likeness (QED) is 0.643. The van der Waals surface area contributed by atoms with Crippen LogP contribution in [0.2, 0.25) is 0 Å². The third kappa shape index (κ3) is 4.09. The Morgan fingerprint density at radius 2 is 2.21 bits per heavy atom. The first-order chi connectivity index (χ1) is 8.99. The van der Waals surface area contributed by atoms with Crippen molar-refractivity contribution in [3.8, 4) is 0 Å². The Hall–Kier alpha value is -1.83. The van der Waals surface area contributed by atoms with E-state index in [1.807, 2.05) is 0 Å². The minimum Gasteiger partial charge on any atom is -0.465 e. The van der Waals surface area contributed by atoms with Gasteiger partial charge in [0.15, 0.2) is 11.5 Å². The molecule has 2 N–H and O–H groups in total. The number of anilines is 1. The molecule has 0 unspecified atom stereocenters. The Labute approximate surface area is 113 Å². The fourth-order valence-corrected chi connectivity index (χ4v) is 1.92. The number of carbonyl (C=O) groups excluding carboxylic acids is 2. The monoisotopic (exact) mass is 288 g/mol. The minimum absolute atomic E-state index is 0.0171. The van der Waals surface area contributed by atoms with Crippen molar-refractivity contribution in [2.24, 2.45) is 0 Å². The lowest BCUT2D eigenvalue weighted by Gasteiger charge is -2.07. The van der Waals surface area contributed by atoms with Crippen LogP contribution >= 0.6 is 11.8 Å². The van der Waals surface area contributed by atoms with Crippen molar-refractivity contribution >= 4 is 29.5 Å². The zero-order valence-electron chi connectivity index (χ0n) is 10.4. The van der Waals surface area contributed by atoms with E-state index < -0.39 is 23.4 Å². The number of carbonyl (C=O) groups is 2. The van der Waals surface area contributed by atoms with E-state index in [4.69, 9.17) is 10.5 Å². The lowest BCUT2D eigenvalue weighted by molar-refractivity contribution is -0.139. The van der Waals surface area contributed by atoms with Gasteiger partial charge in [0.2, 0.25) is 0 Å². The highest BCUT2D eigenvalue weighted by molar-refractivity contribution is 8.00. The van der Waals surface area contributed by atoms with E-state index in [1.54, 1.807) is 6.92 Å². The lowest BCUT2D eigenvalue weighted by Crippen LogP contribution is -2.11. The largest absolute Gasteiger partial charge is 0.465 e. The molecule has 1 rings (SSSR count). The van der Waals surface area contributed by atoms with Crippen molar-refractivity contribution in [1.82, 2.24) is 4.98 Å². The predicted octanol–water partition coefficient (Wildman–Crippen LogP) is 1.24. The number of ether oxygens (including phenoxy) is 2. The van der Waals surface area contributed by atoms with Crippen LogP contribution in [0.25, 0.3) is 0 Å². The molecule has 0 aromatic carbocycles. The van der Waals surface area contributed by atoms with Gasteiger partial charge in [-0.3, -0.25) is 4.79 Å². The van der Waals surface area contributed by atoms with E-state index in [1.165, 1.54) is 0 Å². The molecule has 0 aliphatic rings. The van der Waals surface area contributed by atoms with Gasteiger partial charge in [-0.25, -0.2) is 14.2 Å². The number of hydrogen-bond donors (Lipinski definition) is 1. The van der Waals surface area contributed by atoms with Gasteiger partial charge < -0.3 is 15.2 Å². The average Bonchev–Trinajstić information content (AvgIpc) is 2.38. The van der Waals surface area contributed by atoms with Crippen LogP contribution in [0.5, 0.6) is 0 Å². The molecule has 0 amide bonds. The van der Waals surface area contributed by atoms with Gasteiger partial charge in [-0.2, -0.15) is 0 Å². The van der Waals surface area contributed by atoms with E-state index in [9.17, 15) is 14.0 Å². The maximum atomic E-state index is 13.6. The molecule has 0 saturated carbocycles. The van der Waals surface area contributed by atoms with Crippen LogP contribution < -0.4 is 5.73 Å². The molecule has 104 valence electrons. The Bertz CT molecular complexity index is 496. The third-order valence-corrected chi connectivity index (χ3v) is 3.02. The minimum atomic E-state index is -0.911. The molecule has 1 aromatic rings. The second-order valence-electron chi connectivity index (χ2n) is 3.29. The molecule has 0 aliphatic carbocycles. The molecule has 0 radical (unpaired) electrons. The maximum absolute atomic E-state index is 13.6. The van der Waals surface area contributed by atoms with Crippen LogP contribution in [0.3, 0.4) is 0 Å². The van der Waals surface area contributed by atoms with Crippen molar-refractivity contribution in [1.29, 1.82) is 0 Å². The topological polar surface area (TPSA) is 91.5 Å². The molecule has 0 fully saturated rings. The summed E-state index contributed by atoms with van der Waals surface area (Å²) >= 11 is 0.983. The summed E-state index contributed by atoms with van der Waals surface area (Å²) in [5.41, 5.74) is 5.10. The molecule has 1 aromatic heterocycles.